The van der Waals surface area contributed by atoms with E-state index in [9.17, 15) is 22.4 Å². The highest BCUT2D eigenvalue weighted by molar-refractivity contribution is 7.94. The number of carbonyl (C=O) groups excluding carboxylic acids is 1. The molecular weight excluding hydrogens is 510 g/mol. The molecule has 0 unspecified atom stereocenters. The second kappa shape index (κ2) is 8.98. The van der Waals surface area contributed by atoms with Crippen LogP contribution < -0.4 is 5.56 Å². The largest absolute Gasteiger partial charge is 0.298 e. The van der Waals surface area contributed by atoms with Gasteiger partial charge in [-0.15, -0.1) is 11.3 Å². The van der Waals surface area contributed by atoms with Crippen molar-refractivity contribution < 1.29 is 17.6 Å². The normalized spacial score (nSPS) is 11.8. The van der Waals surface area contributed by atoms with Crippen LogP contribution in [0.5, 0.6) is 0 Å². The molecule has 2 heterocycles. The Morgan fingerprint density at radius 2 is 1.91 bits per heavy atom. The summed E-state index contributed by atoms with van der Waals surface area (Å²) in [4.78, 5) is 29.5. The summed E-state index contributed by atoms with van der Waals surface area (Å²) in [7, 11) is -3.86. The number of aromatic nitrogens is 2. The lowest BCUT2D eigenvalue weighted by Crippen LogP contribution is -2.21. The number of sulfone groups is 1. The van der Waals surface area contributed by atoms with Crippen LogP contribution >= 0.6 is 34.5 Å². The number of carbonyl (C=O) groups is 1. The number of hydrogen-bond donors (Lipinski definition) is 0. The van der Waals surface area contributed by atoms with Gasteiger partial charge < -0.3 is 0 Å². The molecule has 0 fully saturated rings. The summed E-state index contributed by atoms with van der Waals surface area (Å²) in [6.07, 6.45) is 0.845. The summed E-state index contributed by atoms with van der Waals surface area (Å²) >= 11 is 12.9. The Morgan fingerprint density at radius 1 is 1.15 bits per heavy atom. The SMILES string of the molecule is Cc1ccc2c(=O)n(-c3c(F)cc(CC(=O)CS(=O)(=O)c4ccc(Cl)s4)cc3Cl)cnc2c1. The Labute approximate surface area is 202 Å². The van der Waals surface area contributed by atoms with Crippen molar-refractivity contribution >= 4 is 61.1 Å². The van der Waals surface area contributed by atoms with E-state index in [1.165, 1.54) is 24.5 Å². The lowest BCUT2D eigenvalue weighted by molar-refractivity contribution is -0.116. The molecule has 0 atom stereocenters. The molecular formula is C22H15Cl2FN2O4S2. The quantitative estimate of drug-likeness (QED) is 0.362. The van der Waals surface area contributed by atoms with Crippen molar-refractivity contribution in [1.82, 2.24) is 9.55 Å². The molecule has 0 bridgehead atoms. The van der Waals surface area contributed by atoms with Crippen molar-refractivity contribution in [3.63, 3.8) is 0 Å². The first-order valence-corrected chi connectivity index (χ1v) is 12.7. The van der Waals surface area contributed by atoms with E-state index < -0.39 is 32.7 Å². The first-order valence-electron chi connectivity index (χ1n) is 9.51. The number of nitrogens with zero attached hydrogens (tertiary/aromatic N) is 2. The van der Waals surface area contributed by atoms with Crippen LogP contribution in [0.2, 0.25) is 9.36 Å². The molecule has 0 radical (unpaired) electrons. The maximum absolute atomic E-state index is 15.0. The molecule has 33 heavy (non-hydrogen) atoms. The van der Waals surface area contributed by atoms with Crippen LogP contribution in [0.3, 0.4) is 0 Å². The van der Waals surface area contributed by atoms with Crippen LogP contribution in [0, 0.1) is 12.7 Å². The summed E-state index contributed by atoms with van der Waals surface area (Å²) in [6.45, 7) is 1.87. The summed E-state index contributed by atoms with van der Waals surface area (Å²) < 4.78 is 41.0. The third kappa shape index (κ3) is 4.86. The van der Waals surface area contributed by atoms with Gasteiger partial charge in [0.05, 0.1) is 20.3 Å². The number of fused-ring (bicyclic) bond motifs is 1. The molecule has 6 nitrogen and oxygen atoms in total. The highest BCUT2D eigenvalue weighted by atomic mass is 35.5. The number of ketones is 1. The molecule has 0 saturated carbocycles. The minimum atomic E-state index is -3.86. The van der Waals surface area contributed by atoms with Gasteiger partial charge in [-0.05, 0) is 54.4 Å². The maximum Gasteiger partial charge on any atom is 0.265 e. The molecule has 2 aromatic carbocycles. The van der Waals surface area contributed by atoms with Gasteiger partial charge in [0.15, 0.2) is 15.6 Å². The Kier molecular flexibility index (Phi) is 6.41. The summed E-state index contributed by atoms with van der Waals surface area (Å²) in [5, 5.41) is 0.192. The van der Waals surface area contributed by atoms with Crippen LogP contribution in [-0.2, 0) is 21.1 Å². The maximum atomic E-state index is 15.0. The number of thiophene rings is 1. The molecule has 0 spiro atoms. The number of aryl methyl sites for hydroxylation is 1. The first-order chi connectivity index (χ1) is 15.5. The van der Waals surface area contributed by atoms with Crippen molar-refractivity contribution in [2.45, 2.75) is 17.6 Å². The fourth-order valence-electron chi connectivity index (χ4n) is 3.37. The van der Waals surface area contributed by atoms with Gasteiger partial charge in [-0.25, -0.2) is 17.8 Å². The molecule has 0 aliphatic carbocycles. The Morgan fingerprint density at radius 3 is 2.58 bits per heavy atom. The Balaban J connectivity index is 1.62. The van der Waals surface area contributed by atoms with Crippen LogP contribution in [0.15, 0.2) is 57.8 Å². The number of hydrogen-bond acceptors (Lipinski definition) is 6. The van der Waals surface area contributed by atoms with Crippen molar-refractivity contribution in [3.8, 4) is 5.69 Å². The average Bonchev–Trinajstić information content (AvgIpc) is 3.16. The van der Waals surface area contributed by atoms with Crippen molar-refractivity contribution in [2.75, 3.05) is 5.75 Å². The van der Waals surface area contributed by atoms with Crippen molar-refractivity contribution in [1.29, 1.82) is 0 Å². The second-order valence-corrected chi connectivity index (χ2v) is 11.7. The van der Waals surface area contributed by atoms with Gasteiger partial charge in [-0.2, -0.15) is 0 Å². The van der Waals surface area contributed by atoms with E-state index in [1.54, 1.807) is 18.2 Å². The van der Waals surface area contributed by atoms with E-state index >= 15 is 0 Å². The molecule has 0 saturated heterocycles. The summed E-state index contributed by atoms with van der Waals surface area (Å²) in [5.41, 5.74) is 0.889. The molecule has 4 aromatic rings. The van der Waals surface area contributed by atoms with Gasteiger partial charge in [0.1, 0.15) is 27.8 Å². The Hall–Kier alpha value is -2.59. The third-order valence-electron chi connectivity index (χ3n) is 4.84. The monoisotopic (exact) mass is 524 g/mol. The molecule has 0 aliphatic rings. The minimum Gasteiger partial charge on any atom is -0.298 e. The lowest BCUT2D eigenvalue weighted by atomic mass is 10.1. The van der Waals surface area contributed by atoms with Crippen LogP contribution in [0.4, 0.5) is 4.39 Å². The number of Topliss-reactive ketones (excluding diaryl/α,β-unsaturated/α-hetero) is 1. The standard InChI is InChI=1S/C22H15Cl2FN2O4S2/c1-12-2-3-15-18(6-12)26-11-27(22(15)29)21-16(23)8-13(9-17(21)25)7-14(28)10-33(30,31)20-5-4-19(24)32-20/h2-6,8-9,11H,7,10H2,1H3. The molecule has 11 heteroatoms. The van der Waals surface area contributed by atoms with Gasteiger partial charge in [0, 0.05) is 6.42 Å². The van der Waals surface area contributed by atoms with Gasteiger partial charge in [-0.1, -0.05) is 29.3 Å². The molecule has 2 aromatic heterocycles. The molecule has 0 N–H and O–H groups in total. The highest BCUT2D eigenvalue weighted by Gasteiger charge is 2.22. The smallest absolute Gasteiger partial charge is 0.265 e. The molecule has 4 rings (SSSR count). The minimum absolute atomic E-state index is 0.0150. The van der Waals surface area contributed by atoms with E-state index in [-0.39, 0.29) is 26.9 Å². The molecule has 170 valence electrons. The zero-order valence-corrected chi connectivity index (χ0v) is 20.2. The van der Waals surface area contributed by atoms with Gasteiger partial charge in [0.25, 0.3) is 5.56 Å². The van der Waals surface area contributed by atoms with Crippen LogP contribution in [0.1, 0.15) is 11.1 Å². The van der Waals surface area contributed by atoms with E-state index in [0.717, 1.165) is 27.5 Å². The fourth-order valence-corrected chi connectivity index (χ4v) is 6.50. The Bertz CT molecular complexity index is 1560. The number of rotatable bonds is 6. The van der Waals surface area contributed by atoms with Crippen molar-refractivity contribution in [2.24, 2.45) is 0 Å². The van der Waals surface area contributed by atoms with E-state index in [4.69, 9.17) is 23.2 Å². The summed E-state index contributed by atoms with van der Waals surface area (Å²) in [6, 6.07) is 10.3. The van der Waals surface area contributed by atoms with Crippen LogP contribution in [-0.4, -0.2) is 29.5 Å². The third-order valence-corrected chi connectivity index (χ3v) is 8.62. The van der Waals surface area contributed by atoms with E-state index in [2.05, 4.69) is 4.98 Å². The van der Waals surface area contributed by atoms with Crippen LogP contribution in [0.25, 0.3) is 16.6 Å². The average molecular weight is 525 g/mol. The number of halogens is 3. The lowest BCUT2D eigenvalue weighted by Gasteiger charge is -2.12. The number of benzene rings is 2. The predicted octanol–water partition coefficient (Wildman–Crippen LogP) is 4.79. The molecule has 0 aliphatic heterocycles. The second-order valence-electron chi connectivity index (χ2n) is 7.38. The summed E-state index contributed by atoms with van der Waals surface area (Å²) in [5.74, 6) is -2.23. The zero-order valence-electron chi connectivity index (χ0n) is 17.0. The molecule has 0 amide bonds. The van der Waals surface area contributed by atoms with Crippen molar-refractivity contribution in [3.05, 3.63) is 85.4 Å². The van der Waals surface area contributed by atoms with E-state index in [0.29, 0.717) is 15.2 Å². The first kappa shape index (κ1) is 23.6. The highest BCUT2D eigenvalue weighted by Crippen LogP contribution is 2.28. The van der Waals surface area contributed by atoms with Gasteiger partial charge in [0.2, 0.25) is 0 Å². The predicted molar refractivity (Wildman–Crippen MR) is 127 cm³/mol. The zero-order chi connectivity index (χ0) is 23.9. The van der Waals surface area contributed by atoms with Gasteiger partial charge >= 0.3 is 0 Å². The van der Waals surface area contributed by atoms with Gasteiger partial charge in [-0.3, -0.25) is 14.2 Å². The fraction of sp³-hybridized carbons (Fsp3) is 0.136. The topological polar surface area (TPSA) is 86.1 Å². The van der Waals surface area contributed by atoms with E-state index in [1.807, 2.05) is 6.92 Å².